The Morgan fingerprint density at radius 1 is 1.10 bits per heavy atom. The quantitative estimate of drug-likeness (QED) is 0.531. The van der Waals surface area contributed by atoms with E-state index >= 15 is 0 Å². The number of thiophene rings is 1. The number of hydrogen-bond acceptors (Lipinski definition) is 5. The molecule has 154 valence electrons. The first-order chi connectivity index (χ1) is 14.1. The van der Waals surface area contributed by atoms with E-state index in [4.69, 9.17) is 4.74 Å². The van der Waals surface area contributed by atoms with E-state index < -0.39 is 0 Å². The van der Waals surface area contributed by atoms with Gasteiger partial charge in [-0.15, -0.1) is 0 Å². The summed E-state index contributed by atoms with van der Waals surface area (Å²) >= 11 is 1.48. The lowest BCUT2D eigenvalue weighted by Gasteiger charge is -2.31. The lowest BCUT2D eigenvalue weighted by Crippen LogP contribution is -2.40. The van der Waals surface area contributed by atoms with E-state index in [1.165, 1.54) is 11.3 Å². The van der Waals surface area contributed by atoms with E-state index in [1.807, 2.05) is 10.3 Å². The molecule has 2 heterocycles. The molecule has 0 bridgehead atoms. The molecular weight excluding hydrogens is 388 g/mol. The van der Waals surface area contributed by atoms with Crippen LogP contribution in [0, 0.1) is 5.92 Å². The van der Waals surface area contributed by atoms with Crippen molar-refractivity contribution in [1.29, 1.82) is 0 Å². The van der Waals surface area contributed by atoms with E-state index in [0.717, 1.165) is 5.75 Å². The zero-order valence-corrected chi connectivity index (χ0v) is 17.4. The summed E-state index contributed by atoms with van der Waals surface area (Å²) in [5.41, 5.74) is 1.35. The molecule has 1 aliphatic heterocycles. The third-order valence-electron chi connectivity index (χ3n) is 5.23. The number of nitrogens with zero attached hydrogens (tertiary/aromatic N) is 1. The summed E-state index contributed by atoms with van der Waals surface area (Å²) in [4.78, 5) is 38.8. The zero-order chi connectivity index (χ0) is 20.6. The first-order valence-electron chi connectivity index (χ1n) is 9.85. The van der Waals surface area contributed by atoms with E-state index in [1.54, 1.807) is 42.8 Å². The smallest absolute Gasteiger partial charge is 0.252 e. The molecule has 29 heavy (non-hydrogen) atoms. The van der Waals surface area contributed by atoms with Crippen LogP contribution in [0.3, 0.4) is 0 Å². The summed E-state index contributed by atoms with van der Waals surface area (Å²) in [7, 11) is 1.60. The predicted octanol–water partition coefficient (Wildman–Crippen LogP) is 3.39. The topological polar surface area (TPSA) is 75.7 Å². The minimum atomic E-state index is -0.100. The van der Waals surface area contributed by atoms with E-state index in [2.05, 4.69) is 5.32 Å². The Bertz CT molecular complexity index is 825. The number of amides is 2. The van der Waals surface area contributed by atoms with Gasteiger partial charge in [0, 0.05) is 48.5 Å². The number of hydrogen-bond donors (Lipinski definition) is 1. The second kappa shape index (κ2) is 10.2. The standard InChI is InChI=1S/C22H26N2O4S/c1-28-19-6-4-16(5-7-19)21(26)17-8-12-24(13-9-17)20(25)3-2-11-23-22(27)18-10-14-29-15-18/h4-7,10,14-15,17H,2-3,8-9,11-13H2,1H3,(H,23,27). The van der Waals surface area contributed by atoms with Gasteiger partial charge in [0.05, 0.1) is 7.11 Å². The number of likely N-dealkylation sites (tertiary alicyclic amines) is 1. The number of ketones is 1. The van der Waals surface area contributed by atoms with Gasteiger partial charge in [0.2, 0.25) is 5.91 Å². The Hall–Kier alpha value is -2.67. The van der Waals surface area contributed by atoms with Gasteiger partial charge in [-0.3, -0.25) is 14.4 Å². The molecular formula is C22H26N2O4S. The molecule has 7 heteroatoms. The number of nitrogens with one attached hydrogen (secondary N) is 1. The van der Waals surface area contributed by atoms with E-state index in [9.17, 15) is 14.4 Å². The lowest BCUT2D eigenvalue weighted by atomic mass is 9.88. The Kier molecular flexibility index (Phi) is 7.41. The van der Waals surface area contributed by atoms with Gasteiger partial charge in [0.25, 0.3) is 5.91 Å². The summed E-state index contributed by atoms with van der Waals surface area (Å²) in [6.07, 6.45) is 2.39. The third-order valence-corrected chi connectivity index (χ3v) is 5.91. The van der Waals surface area contributed by atoms with Crippen molar-refractivity contribution >= 4 is 28.9 Å². The highest BCUT2D eigenvalue weighted by atomic mass is 32.1. The SMILES string of the molecule is COc1ccc(C(=O)C2CCN(C(=O)CCCNC(=O)c3ccsc3)CC2)cc1. The monoisotopic (exact) mass is 414 g/mol. The minimum absolute atomic E-state index is 0.0441. The van der Waals surface area contributed by atoms with Gasteiger partial charge in [0.1, 0.15) is 5.75 Å². The zero-order valence-electron chi connectivity index (χ0n) is 16.6. The molecule has 1 fully saturated rings. The van der Waals surface area contributed by atoms with Crippen LogP contribution in [0.4, 0.5) is 0 Å². The molecule has 1 saturated heterocycles. The van der Waals surface area contributed by atoms with Gasteiger partial charge in [-0.2, -0.15) is 11.3 Å². The fourth-order valence-electron chi connectivity index (χ4n) is 3.48. The molecule has 2 amide bonds. The van der Waals surface area contributed by atoms with Crippen molar-refractivity contribution in [2.24, 2.45) is 5.92 Å². The van der Waals surface area contributed by atoms with Crippen LogP contribution in [0.1, 0.15) is 46.4 Å². The molecule has 0 radical (unpaired) electrons. The number of rotatable bonds is 8. The maximum Gasteiger partial charge on any atom is 0.252 e. The minimum Gasteiger partial charge on any atom is -0.497 e. The Labute approximate surface area is 174 Å². The molecule has 0 unspecified atom stereocenters. The van der Waals surface area contributed by atoms with Crippen molar-refractivity contribution < 1.29 is 19.1 Å². The second-order valence-electron chi connectivity index (χ2n) is 7.12. The summed E-state index contributed by atoms with van der Waals surface area (Å²) in [6.45, 7) is 1.69. The Balaban J connectivity index is 1.37. The third kappa shape index (κ3) is 5.67. The predicted molar refractivity (Wildman–Crippen MR) is 113 cm³/mol. The van der Waals surface area contributed by atoms with Crippen molar-refractivity contribution in [3.05, 3.63) is 52.2 Å². The maximum atomic E-state index is 12.7. The largest absolute Gasteiger partial charge is 0.497 e. The average molecular weight is 415 g/mol. The number of ether oxygens (including phenoxy) is 1. The number of carbonyl (C=O) groups excluding carboxylic acids is 3. The fourth-order valence-corrected chi connectivity index (χ4v) is 4.11. The first-order valence-corrected chi connectivity index (χ1v) is 10.8. The van der Waals surface area contributed by atoms with Crippen LogP contribution in [-0.2, 0) is 4.79 Å². The van der Waals surface area contributed by atoms with Gasteiger partial charge in [-0.1, -0.05) is 0 Å². The second-order valence-corrected chi connectivity index (χ2v) is 7.90. The normalized spacial score (nSPS) is 14.4. The highest BCUT2D eigenvalue weighted by molar-refractivity contribution is 7.08. The fraction of sp³-hybridized carbons (Fsp3) is 0.409. The van der Waals surface area contributed by atoms with Gasteiger partial charge in [0.15, 0.2) is 5.78 Å². The van der Waals surface area contributed by atoms with Gasteiger partial charge in [-0.05, 0) is 55.0 Å². The lowest BCUT2D eigenvalue weighted by molar-refractivity contribution is -0.132. The Morgan fingerprint density at radius 3 is 2.45 bits per heavy atom. The highest BCUT2D eigenvalue weighted by Gasteiger charge is 2.27. The molecule has 1 aromatic heterocycles. The summed E-state index contributed by atoms with van der Waals surface area (Å²) in [5.74, 6) is 0.809. The van der Waals surface area contributed by atoms with E-state index in [0.29, 0.717) is 56.4 Å². The number of piperidine rings is 1. The number of benzene rings is 1. The molecule has 1 aliphatic rings. The van der Waals surface area contributed by atoms with E-state index in [-0.39, 0.29) is 23.5 Å². The number of methoxy groups -OCH3 is 1. The Morgan fingerprint density at radius 2 is 1.83 bits per heavy atom. The summed E-state index contributed by atoms with van der Waals surface area (Å²) in [5, 5.41) is 6.50. The van der Waals surface area contributed by atoms with Crippen molar-refractivity contribution in [3.63, 3.8) is 0 Å². The van der Waals surface area contributed by atoms with Crippen LogP contribution in [0.15, 0.2) is 41.1 Å². The molecule has 0 saturated carbocycles. The van der Waals surface area contributed by atoms with Crippen LogP contribution in [-0.4, -0.2) is 49.2 Å². The molecule has 0 atom stereocenters. The highest BCUT2D eigenvalue weighted by Crippen LogP contribution is 2.23. The molecule has 2 aromatic rings. The summed E-state index contributed by atoms with van der Waals surface area (Å²) < 4.78 is 5.13. The summed E-state index contributed by atoms with van der Waals surface area (Å²) in [6, 6.07) is 8.96. The average Bonchev–Trinajstić information content (AvgIpc) is 3.31. The molecule has 0 aliphatic carbocycles. The molecule has 1 aromatic carbocycles. The van der Waals surface area contributed by atoms with Crippen LogP contribution >= 0.6 is 11.3 Å². The van der Waals surface area contributed by atoms with Crippen LogP contribution < -0.4 is 10.1 Å². The van der Waals surface area contributed by atoms with Crippen molar-refractivity contribution in [2.45, 2.75) is 25.7 Å². The molecule has 6 nitrogen and oxygen atoms in total. The molecule has 1 N–H and O–H groups in total. The van der Waals surface area contributed by atoms with Gasteiger partial charge in [-0.25, -0.2) is 0 Å². The molecule has 3 rings (SSSR count). The number of carbonyl (C=O) groups is 3. The van der Waals surface area contributed by atoms with Gasteiger partial charge < -0.3 is 15.0 Å². The van der Waals surface area contributed by atoms with Crippen molar-refractivity contribution in [2.75, 3.05) is 26.7 Å². The van der Waals surface area contributed by atoms with Crippen LogP contribution in [0.2, 0.25) is 0 Å². The van der Waals surface area contributed by atoms with Crippen LogP contribution in [0.25, 0.3) is 0 Å². The van der Waals surface area contributed by atoms with Crippen molar-refractivity contribution in [1.82, 2.24) is 10.2 Å². The van der Waals surface area contributed by atoms with Crippen molar-refractivity contribution in [3.8, 4) is 5.75 Å². The first kappa shape index (κ1) is 21.0. The molecule has 0 spiro atoms. The number of Topliss-reactive ketones (excluding diaryl/α,β-unsaturated/α-hetero) is 1. The maximum absolute atomic E-state index is 12.7. The van der Waals surface area contributed by atoms with Gasteiger partial charge >= 0.3 is 0 Å². The van der Waals surface area contributed by atoms with Crippen LogP contribution in [0.5, 0.6) is 5.75 Å².